The van der Waals surface area contributed by atoms with E-state index < -0.39 is 0 Å². The highest BCUT2D eigenvalue weighted by atomic mass is 16.3. The van der Waals surface area contributed by atoms with Gasteiger partial charge in [0.1, 0.15) is 11.6 Å². The summed E-state index contributed by atoms with van der Waals surface area (Å²) >= 11 is 0. The Morgan fingerprint density at radius 3 is 2.16 bits per heavy atom. The van der Waals surface area contributed by atoms with E-state index in [0.717, 1.165) is 50.4 Å². The number of para-hydroxylation sites is 1. The first kappa shape index (κ1) is 25.7. The molecule has 2 heterocycles. The van der Waals surface area contributed by atoms with Crippen LogP contribution in [0.3, 0.4) is 0 Å². The van der Waals surface area contributed by atoms with Crippen LogP contribution < -0.4 is 0 Å². The molecule has 5 rings (SSSR count). The van der Waals surface area contributed by atoms with Crippen molar-refractivity contribution in [1.82, 2.24) is 14.5 Å². The summed E-state index contributed by atoms with van der Waals surface area (Å²) in [6, 6.07) is 23.1. The lowest BCUT2D eigenvalue weighted by Gasteiger charge is -2.27. The Kier molecular flexibility index (Phi) is 6.18. The molecule has 4 nitrogen and oxygen atoms in total. The van der Waals surface area contributed by atoms with Crippen LogP contribution in [0.15, 0.2) is 72.9 Å². The summed E-state index contributed by atoms with van der Waals surface area (Å²) < 4.78 is 2.10. The summed E-state index contributed by atoms with van der Waals surface area (Å²) in [6.45, 7) is 15.1. The smallest absolute Gasteiger partial charge is 0.144 e. The second-order valence-electron chi connectivity index (χ2n) is 12.4. The van der Waals surface area contributed by atoms with Crippen molar-refractivity contribution in [3.8, 4) is 39.5 Å². The number of pyridine rings is 1. The van der Waals surface area contributed by atoms with Crippen molar-refractivity contribution in [2.45, 2.75) is 59.3 Å². The van der Waals surface area contributed by atoms with Crippen LogP contribution in [0.5, 0.6) is 5.75 Å². The van der Waals surface area contributed by atoms with E-state index in [-0.39, 0.29) is 10.8 Å². The first-order chi connectivity index (χ1) is 17.8. The molecule has 0 radical (unpaired) electrons. The average molecular weight is 504 g/mol. The Morgan fingerprint density at radius 2 is 1.47 bits per heavy atom. The van der Waals surface area contributed by atoms with E-state index in [0.29, 0.717) is 5.75 Å². The number of fused-ring (bicyclic) bond motifs is 1. The zero-order valence-electron chi connectivity index (χ0n) is 23.7. The Morgan fingerprint density at radius 1 is 0.763 bits per heavy atom. The van der Waals surface area contributed by atoms with Gasteiger partial charge in [-0.25, -0.2) is 4.98 Å². The van der Waals surface area contributed by atoms with Gasteiger partial charge in [0.2, 0.25) is 0 Å². The Hall–Kier alpha value is -3.92. The van der Waals surface area contributed by atoms with Gasteiger partial charge in [0.15, 0.2) is 0 Å². The highest BCUT2D eigenvalue weighted by molar-refractivity contribution is 5.95. The summed E-state index contributed by atoms with van der Waals surface area (Å²) in [6.07, 6.45) is 1.85. The van der Waals surface area contributed by atoms with Gasteiger partial charge in [-0.2, -0.15) is 0 Å². The molecule has 0 bridgehead atoms. The van der Waals surface area contributed by atoms with Gasteiger partial charge < -0.3 is 9.67 Å². The third kappa shape index (κ3) is 4.60. The number of aryl methyl sites for hydroxylation is 2. The summed E-state index contributed by atoms with van der Waals surface area (Å²) in [5.74, 6) is 1.07. The first-order valence-corrected chi connectivity index (χ1v) is 13.2. The van der Waals surface area contributed by atoms with Gasteiger partial charge in [0.05, 0.1) is 22.3 Å². The maximum Gasteiger partial charge on any atom is 0.144 e. The van der Waals surface area contributed by atoms with Crippen molar-refractivity contribution in [3.05, 3.63) is 89.6 Å². The van der Waals surface area contributed by atoms with E-state index in [1.807, 2.05) is 19.3 Å². The fourth-order valence-electron chi connectivity index (χ4n) is 5.04. The van der Waals surface area contributed by atoms with Gasteiger partial charge in [-0.15, -0.1) is 0 Å². The average Bonchev–Trinajstić information content (AvgIpc) is 3.19. The molecule has 0 saturated heterocycles. The van der Waals surface area contributed by atoms with Gasteiger partial charge in [0, 0.05) is 29.9 Å². The van der Waals surface area contributed by atoms with Crippen molar-refractivity contribution >= 4 is 11.0 Å². The second kappa shape index (κ2) is 9.13. The predicted molar refractivity (Wildman–Crippen MR) is 159 cm³/mol. The summed E-state index contributed by atoms with van der Waals surface area (Å²) in [5, 5.41) is 11.5. The van der Waals surface area contributed by atoms with Crippen molar-refractivity contribution in [2.24, 2.45) is 7.05 Å². The highest BCUT2D eigenvalue weighted by Gasteiger charge is 2.27. The minimum absolute atomic E-state index is 0.0670. The monoisotopic (exact) mass is 503 g/mol. The van der Waals surface area contributed by atoms with Crippen LogP contribution in [-0.4, -0.2) is 19.6 Å². The van der Waals surface area contributed by atoms with Crippen molar-refractivity contribution < 1.29 is 5.11 Å². The van der Waals surface area contributed by atoms with Gasteiger partial charge in [0.25, 0.3) is 0 Å². The Bertz CT molecular complexity index is 1660. The molecule has 38 heavy (non-hydrogen) atoms. The van der Waals surface area contributed by atoms with Gasteiger partial charge >= 0.3 is 0 Å². The Labute approximate surface area is 226 Å². The number of phenolic OH excluding ortho intramolecular Hbond substituents is 1. The third-order valence-corrected chi connectivity index (χ3v) is 7.32. The minimum Gasteiger partial charge on any atom is -0.507 e. The van der Waals surface area contributed by atoms with Crippen molar-refractivity contribution in [1.29, 1.82) is 0 Å². The molecule has 0 aliphatic rings. The maximum atomic E-state index is 11.5. The molecule has 0 fully saturated rings. The number of hydrogen-bond acceptors (Lipinski definition) is 3. The zero-order valence-corrected chi connectivity index (χ0v) is 23.7. The molecule has 0 aliphatic heterocycles. The van der Waals surface area contributed by atoms with Crippen LogP contribution in [0.25, 0.3) is 44.8 Å². The van der Waals surface area contributed by atoms with Crippen LogP contribution in [0.4, 0.5) is 0 Å². The van der Waals surface area contributed by atoms with Gasteiger partial charge in [-0.05, 0) is 64.8 Å². The lowest BCUT2D eigenvalue weighted by atomic mass is 9.79. The van der Waals surface area contributed by atoms with Crippen LogP contribution in [0.1, 0.15) is 58.2 Å². The Balaban J connectivity index is 1.72. The molecule has 194 valence electrons. The molecule has 0 saturated carbocycles. The topological polar surface area (TPSA) is 50.9 Å². The molecular formula is C34H37N3O. The molecular weight excluding hydrogens is 466 g/mol. The second-order valence-corrected chi connectivity index (χ2v) is 12.4. The molecule has 0 atom stereocenters. The molecule has 0 unspecified atom stereocenters. The molecule has 5 aromatic rings. The van der Waals surface area contributed by atoms with E-state index in [2.05, 4.69) is 119 Å². The molecule has 0 spiro atoms. The molecule has 2 aromatic heterocycles. The first-order valence-electron chi connectivity index (χ1n) is 13.2. The predicted octanol–water partition coefficient (Wildman–Crippen LogP) is 8.58. The molecule has 1 N–H and O–H groups in total. The van der Waals surface area contributed by atoms with Crippen LogP contribution in [0, 0.1) is 6.92 Å². The minimum atomic E-state index is -0.208. The third-order valence-electron chi connectivity index (χ3n) is 7.32. The van der Waals surface area contributed by atoms with Crippen LogP contribution in [0.2, 0.25) is 0 Å². The lowest BCUT2D eigenvalue weighted by molar-refractivity contribution is 0.446. The van der Waals surface area contributed by atoms with Crippen LogP contribution >= 0.6 is 0 Å². The SMILES string of the molecule is Cc1ccnc(-c2cccc(-c3cccc4c3nc(-c3cc(C(C)(C)C)cc(C(C)(C)C)c3O)n4C)c2)c1. The van der Waals surface area contributed by atoms with Crippen LogP contribution in [-0.2, 0) is 17.9 Å². The van der Waals surface area contributed by atoms with Gasteiger partial charge in [-0.3, -0.25) is 4.98 Å². The number of hydrogen-bond donors (Lipinski definition) is 1. The number of benzene rings is 3. The zero-order chi connectivity index (χ0) is 27.4. The number of imidazole rings is 1. The van der Waals surface area contributed by atoms with Crippen molar-refractivity contribution in [2.75, 3.05) is 0 Å². The number of nitrogens with zero attached hydrogens (tertiary/aromatic N) is 3. The molecule has 0 aliphatic carbocycles. The fraction of sp³-hybridized carbons (Fsp3) is 0.294. The standard InChI is InChI=1S/C34H37N3O/c1-21-15-16-35-28(17-21)23-12-9-11-22(18-23)25-13-10-14-29-30(25)36-32(37(29)8)26-19-24(33(2,3)4)20-27(31(26)38)34(5,6)7/h9-20,38H,1-8H3. The lowest BCUT2D eigenvalue weighted by Crippen LogP contribution is -2.17. The van der Waals surface area contributed by atoms with E-state index in [1.54, 1.807) is 0 Å². The summed E-state index contributed by atoms with van der Waals surface area (Å²) in [4.78, 5) is 9.75. The maximum absolute atomic E-state index is 11.5. The molecule has 3 aromatic carbocycles. The quantitative estimate of drug-likeness (QED) is 0.268. The summed E-state index contributed by atoms with van der Waals surface area (Å²) in [7, 11) is 2.03. The molecule has 0 amide bonds. The van der Waals surface area contributed by atoms with E-state index in [9.17, 15) is 5.11 Å². The number of aromatic hydroxyl groups is 1. The molecule has 4 heteroatoms. The number of rotatable bonds is 3. The highest BCUT2D eigenvalue weighted by Crippen LogP contribution is 2.43. The number of phenols is 1. The number of aromatic nitrogens is 3. The van der Waals surface area contributed by atoms with Gasteiger partial charge in [-0.1, -0.05) is 77.9 Å². The normalized spacial score (nSPS) is 12.3. The largest absolute Gasteiger partial charge is 0.507 e. The fourth-order valence-corrected chi connectivity index (χ4v) is 5.04. The van der Waals surface area contributed by atoms with E-state index in [1.165, 1.54) is 11.1 Å². The summed E-state index contributed by atoms with van der Waals surface area (Å²) in [5.41, 5.74) is 9.91. The van der Waals surface area contributed by atoms with Crippen molar-refractivity contribution in [3.63, 3.8) is 0 Å². The van der Waals surface area contributed by atoms with E-state index >= 15 is 0 Å². The van der Waals surface area contributed by atoms with E-state index in [4.69, 9.17) is 4.98 Å².